The Morgan fingerprint density at radius 2 is 1.71 bits per heavy atom. The molecule has 2 aromatic rings. The van der Waals surface area contributed by atoms with Crippen LogP contribution in [-0.4, -0.2) is 34.3 Å². The van der Waals surface area contributed by atoms with E-state index < -0.39 is 5.91 Å². The normalized spacial score (nSPS) is 11.2. The Labute approximate surface area is 189 Å². The average Bonchev–Trinajstić information content (AvgIpc) is 2.72. The summed E-state index contributed by atoms with van der Waals surface area (Å²) in [5.74, 6) is -1.03. The van der Waals surface area contributed by atoms with E-state index in [0.717, 1.165) is 12.0 Å². The maximum Gasteiger partial charge on any atom is 0.280 e. The van der Waals surface area contributed by atoms with Gasteiger partial charge in [-0.25, -0.2) is 9.97 Å². The van der Waals surface area contributed by atoms with Crippen molar-refractivity contribution in [3.8, 4) is 0 Å². The monoisotopic (exact) mass is 466 g/mol. The van der Waals surface area contributed by atoms with Gasteiger partial charge < -0.3 is 22.5 Å². The highest BCUT2D eigenvalue weighted by molar-refractivity contribution is 6.31. The van der Waals surface area contributed by atoms with E-state index in [2.05, 4.69) is 25.6 Å². The Kier molecular flexibility index (Phi) is 9.29. The number of rotatable bonds is 9. The van der Waals surface area contributed by atoms with E-state index in [9.17, 15) is 9.59 Å². The van der Waals surface area contributed by atoms with Gasteiger partial charge in [-0.15, -0.1) is 0 Å². The SMILES string of the molecule is NC(=NCCCCCC(=O)NCc1ccc(Cl)cc1)NC(=O)c1nc(Cl)c(N)nc1N. The molecular weight excluding hydrogens is 443 g/mol. The summed E-state index contributed by atoms with van der Waals surface area (Å²) in [6.45, 7) is 0.854. The highest BCUT2D eigenvalue weighted by Gasteiger charge is 2.16. The zero-order valence-electron chi connectivity index (χ0n) is 16.7. The molecule has 0 radical (unpaired) electrons. The fourth-order valence-corrected chi connectivity index (χ4v) is 2.74. The molecule has 166 valence electrons. The van der Waals surface area contributed by atoms with Crippen molar-refractivity contribution >= 4 is 52.6 Å². The van der Waals surface area contributed by atoms with Crippen molar-refractivity contribution in [1.29, 1.82) is 0 Å². The van der Waals surface area contributed by atoms with Crippen molar-refractivity contribution < 1.29 is 9.59 Å². The molecule has 1 heterocycles. The minimum Gasteiger partial charge on any atom is -0.382 e. The number of carbonyl (C=O) groups is 2. The van der Waals surface area contributed by atoms with E-state index in [4.69, 9.17) is 40.4 Å². The third kappa shape index (κ3) is 8.27. The Hall–Kier alpha value is -3.11. The number of hydrogen-bond acceptors (Lipinski definition) is 7. The summed E-state index contributed by atoms with van der Waals surface area (Å²) in [5, 5.41) is 5.75. The van der Waals surface area contributed by atoms with Gasteiger partial charge in [-0.05, 0) is 30.5 Å². The lowest BCUT2D eigenvalue weighted by Crippen LogP contribution is -2.38. The Bertz CT molecular complexity index is 951. The molecule has 0 aliphatic carbocycles. The largest absolute Gasteiger partial charge is 0.382 e. The van der Waals surface area contributed by atoms with E-state index in [-0.39, 0.29) is 34.3 Å². The van der Waals surface area contributed by atoms with Crippen LogP contribution in [0.15, 0.2) is 29.3 Å². The third-order valence-electron chi connectivity index (χ3n) is 4.11. The summed E-state index contributed by atoms with van der Waals surface area (Å²) in [6.07, 6.45) is 2.62. The quantitative estimate of drug-likeness (QED) is 0.212. The lowest BCUT2D eigenvalue weighted by Gasteiger charge is -2.07. The summed E-state index contributed by atoms with van der Waals surface area (Å²) in [6, 6.07) is 7.30. The molecule has 1 aromatic carbocycles. The van der Waals surface area contributed by atoms with Crippen LogP contribution in [0.4, 0.5) is 11.6 Å². The molecule has 0 saturated carbocycles. The lowest BCUT2D eigenvalue weighted by molar-refractivity contribution is -0.121. The number of amides is 2. The molecule has 0 aliphatic rings. The Morgan fingerprint density at radius 3 is 2.42 bits per heavy atom. The number of unbranched alkanes of at least 4 members (excludes halogenated alkanes) is 2. The van der Waals surface area contributed by atoms with E-state index in [1.807, 2.05) is 12.1 Å². The predicted molar refractivity (Wildman–Crippen MR) is 122 cm³/mol. The topological polar surface area (TPSA) is 174 Å². The maximum absolute atomic E-state index is 12.1. The number of anilines is 2. The number of nitrogens with zero attached hydrogens (tertiary/aromatic N) is 3. The van der Waals surface area contributed by atoms with Gasteiger partial charge in [0.05, 0.1) is 0 Å². The molecule has 0 unspecified atom stereocenters. The van der Waals surface area contributed by atoms with Crippen LogP contribution >= 0.6 is 23.2 Å². The fraction of sp³-hybridized carbons (Fsp3) is 0.316. The summed E-state index contributed by atoms with van der Waals surface area (Å²) in [5.41, 5.74) is 17.6. The fourth-order valence-electron chi connectivity index (χ4n) is 2.49. The second-order valence-corrected chi connectivity index (χ2v) is 7.36. The molecular formula is C19H24Cl2N8O2. The highest BCUT2D eigenvalue weighted by atomic mass is 35.5. The van der Waals surface area contributed by atoms with Gasteiger partial charge in [0.2, 0.25) is 5.91 Å². The van der Waals surface area contributed by atoms with Crippen LogP contribution < -0.4 is 27.8 Å². The molecule has 2 rings (SSSR count). The van der Waals surface area contributed by atoms with Crippen LogP contribution in [0.3, 0.4) is 0 Å². The number of aromatic nitrogens is 2. The minimum atomic E-state index is -0.689. The van der Waals surface area contributed by atoms with Crippen molar-refractivity contribution in [2.24, 2.45) is 10.7 Å². The molecule has 0 bridgehead atoms. The van der Waals surface area contributed by atoms with Crippen LogP contribution in [0.1, 0.15) is 41.7 Å². The van der Waals surface area contributed by atoms with Crippen molar-refractivity contribution in [3.05, 3.63) is 45.7 Å². The number of nitrogens with one attached hydrogen (secondary N) is 2. The summed E-state index contributed by atoms with van der Waals surface area (Å²) in [7, 11) is 0. The standard InChI is InChI=1S/C19H24Cl2N8O2/c20-12-7-5-11(6-8-12)10-26-13(30)4-2-1-3-9-25-19(24)29-18(31)14-16(22)28-17(23)15(21)27-14/h5-8H,1-4,9-10H2,(H,26,30)(H4,22,23,28)(H3,24,25,29,31). The van der Waals surface area contributed by atoms with Crippen LogP contribution in [-0.2, 0) is 11.3 Å². The first kappa shape index (κ1) is 24.2. The average molecular weight is 467 g/mol. The van der Waals surface area contributed by atoms with Gasteiger partial charge in [0.1, 0.15) is 0 Å². The lowest BCUT2D eigenvalue weighted by atomic mass is 10.2. The van der Waals surface area contributed by atoms with Crippen LogP contribution in [0.2, 0.25) is 10.2 Å². The number of carbonyl (C=O) groups excluding carboxylic acids is 2. The second-order valence-electron chi connectivity index (χ2n) is 6.57. The van der Waals surface area contributed by atoms with Gasteiger partial charge in [0.25, 0.3) is 5.91 Å². The second kappa shape index (κ2) is 11.9. The maximum atomic E-state index is 12.1. The Morgan fingerprint density at radius 1 is 1.00 bits per heavy atom. The predicted octanol–water partition coefficient (Wildman–Crippen LogP) is 1.87. The minimum absolute atomic E-state index is 0.0221. The molecule has 0 aliphatic heterocycles. The molecule has 10 nitrogen and oxygen atoms in total. The van der Waals surface area contributed by atoms with E-state index in [1.165, 1.54) is 0 Å². The van der Waals surface area contributed by atoms with E-state index >= 15 is 0 Å². The van der Waals surface area contributed by atoms with Gasteiger partial charge in [-0.1, -0.05) is 41.8 Å². The summed E-state index contributed by atoms with van der Waals surface area (Å²) in [4.78, 5) is 35.6. The molecule has 0 spiro atoms. The summed E-state index contributed by atoms with van der Waals surface area (Å²) >= 11 is 11.6. The number of guanidine groups is 1. The summed E-state index contributed by atoms with van der Waals surface area (Å²) < 4.78 is 0. The first-order chi connectivity index (χ1) is 14.8. The first-order valence-corrected chi connectivity index (χ1v) is 10.2. The van der Waals surface area contributed by atoms with Gasteiger partial charge in [-0.2, -0.15) is 0 Å². The number of aliphatic imine (C=N–C) groups is 1. The zero-order chi connectivity index (χ0) is 22.8. The van der Waals surface area contributed by atoms with Crippen LogP contribution in [0.5, 0.6) is 0 Å². The number of nitrogens with two attached hydrogens (primary N) is 3. The van der Waals surface area contributed by atoms with E-state index in [1.54, 1.807) is 12.1 Å². The Balaban J connectivity index is 1.63. The van der Waals surface area contributed by atoms with Crippen LogP contribution in [0.25, 0.3) is 0 Å². The molecule has 0 saturated heterocycles. The van der Waals surface area contributed by atoms with Gasteiger partial charge in [-0.3, -0.25) is 19.9 Å². The van der Waals surface area contributed by atoms with Crippen molar-refractivity contribution in [2.75, 3.05) is 18.0 Å². The zero-order valence-corrected chi connectivity index (χ0v) is 18.2. The molecule has 1 aromatic heterocycles. The molecule has 2 amide bonds. The molecule has 12 heteroatoms. The van der Waals surface area contributed by atoms with Crippen LogP contribution in [0, 0.1) is 0 Å². The van der Waals surface area contributed by atoms with Gasteiger partial charge in [0, 0.05) is 24.5 Å². The van der Waals surface area contributed by atoms with Crippen molar-refractivity contribution in [2.45, 2.75) is 32.2 Å². The van der Waals surface area contributed by atoms with Crippen molar-refractivity contribution in [3.63, 3.8) is 0 Å². The molecule has 31 heavy (non-hydrogen) atoms. The van der Waals surface area contributed by atoms with Gasteiger partial charge in [0.15, 0.2) is 28.4 Å². The number of nitrogen functional groups attached to an aromatic ring is 2. The number of halogens is 2. The number of benzene rings is 1. The van der Waals surface area contributed by atoms with Crippen molar-refractivity contribution in [1.82, 2.24) is 20.6 Å². The highest BCUT2D eigenvalue weighted by Crippen LogP contribution is 2.17. The third-order valence-corrected chi connectivity index (χ3v) is 4.64. The number of hydrogen-bond donors (Lipinski definition) is 5. The molecule has 0 atom stereocenters. The smallest absolute Gasteiger partial charge is 0.280 e. The molecule has 0 fully saturated rings. The van der Waals surface area contributed by atoms with Gasteiger partial charge >= 0.3 is 0 Å². The first-order valence-electron chi connectivity index (χ1n) is 9.47. The molecule has 8 N–H and O–H groups in total. The van der Waals surface area contributed by atoms with E-state index in [0.29, 0.717) is 37.4 Å².